The third-order valence-electron chi connectivity index (χ3n) is 2.04. The van der Waals surface area contributed by atoms with Crippen LogP contribution < -0.4 is 5.73 Å². The number of ketones is 1. The zero-order chi connectivity index (χ0) is 11.3. The molecular weight excluding hydrogens is 190 g/mol. The van der Waals surface area contributed by atoms with E-state index in [1.165, 1.54) is 0 Å². The number of hydrogen-bond acceptors (Lipinski definition) is 3. The van der Waals surface area contributed by atoms with E-state index in [0.29, 0.717) is 0 Å². The van der Waals surface area contributed by atoms with Gasteiger partial charge in [-0.05, 0) is 17.7 Å². The second kappa shape index (κ2) is 5.18. The number of hydrogen-bond donors (Lipinski definition) is 2. The van der Waals surface area contributed by atoms with Crippen LogP contribution in [0.3, 0.4) is 0 Å². The standard InChI is InChI=1S/C12H13NO2/c1-2-4-11(13)12(15)8-9-5-3-6-10(14)7-9/h1,3,5-7,11,14H,4,8,13H2. The largest absolute Gasteiger partial charge is 0.508 e. The Bertz CT molecular complexity index is 393. The van der Waals surface area contributed by atoms with Crippen molar-refractivity contribution in [3.05, 3.63) is 29.8 Å². The smallest absolute Gasteiger partial charge is 0.154 e. The molecule has 78 valence electrons. The number of nitrogens with two attached hydrogens (primary N) is 1. The third kappa shape index (κ3) is 3.45. The number of rotatable bonds is 4. The van der Waals surface area contributed by atoms with Crippen LogP contribution in [0.4, 0.5) is 0 Å². The molecule has 1 atom stereocenters. The first-order valence-corrected chi connectivity index (χ1v) is 4.63. The lowest BCUT2D eigenvalue weighted by molar-refractivity contribution is -0.119. The summed E-state index contributed by atoms with van der Waals surface area (Å²) in [5.41, 5.74) is 6.30. The highest BCUT2D eigenvalue weighted by Crippen LogP contribution is 2.12. The lowest BCUT2D eigenvalue weighted by Crippen LogP contribution is -2.31. The summed E-state index contributed by atoms with van der Waals surface area (Å²) in [6.07, 6.45) is 5.52. The minimum Gasteiger partial charge on any atom is -0.508 e. The van der Waals surface area contributed by atoms with Gasteiger partial charge in [0.15, 0.2) is 5.78 Å². The van der Waals surface area contributed by atoms with Crippen molar-refractivity contribution in [2.75, 3.05) is 0 Å². The summed E-state index contributed by atoms with van der Waals surface area (Å²) >= 11 is 0. The minimum atomic E-state index is -0.614. The molecule has 0 spiro atoms. The Balaban J connectivity index is 2.63. The summed E-state index contributed by atoms with van der Waals surface area (Å²) in [6, 6.07) is 5.93. The molecule has 0 bridgehead atoms. The van der Waals surface area contributed by atoms with Crippen LogP contribution in [0.2, 0.25) is 0 Å². The molecule has 0 aliphatic heterocycles. The van der Waals surface area contributed by atoms with Crippen molar-refractivity contribution < 1.29 is 9.90 Å². The summed E-state index contributed by atoms with van der Waals surface area (Å²) in [4.78, 5) is 11.5. The summed E-state index contributed by atoms with van der Waals surface area (Å²) in [6.45, 7) is 0. The van der Waals surface area contributed by atoms with E-state index in [-0.39, 0.29) is 24.4 Å². The first-order valence-electron chi connectivity index (χ1n) is 4.63. The Labute approximate surface area is 88.9 Å². The summed E-state index contributed by atoms with van der Waals surface area (Å²) in [7, 11) is 0. The average Bonchev–Trinajstić information content (AvgIpc) is 2.18. The van der Waals surface area contributed by atoms with E-state index in [1.807, 2.05) is 0 Å². The third-order valence-corrected chi connectivity index (χ3v) is 2.04. The Morgan fingerprint density at radius 3 is 2.93 bits per heavy atom. The SMILES string of the molecule is C#CCC(N)C(=O)Cc1cccc(O)c1. The maximum Gasteiger partial charge on any atom is 0.154 e. The second-order valence-corrected chi connectivity index (χ2v) is 3.33. The number of carbonyl (C=O) groups excluding carboxylic acids is 1. The van der Waals surface area contributed by atoms with Gasteiger partial charge in [-0.15, -0.1) is 12.3 Å². The van der Waals surface area contributed by atoms with Crippen molar-refractivity contribution in [3.63, 3.8) is 0 Å². The van der Waals surface area contributed by atoms with Crippen LogP contribution in [0.25, 0.3) is 0 Å². The highest BCUT2D eigenvalue weighted by Gasteiger charge is 2.12. The van der Waals surface area contributed by atoms with Crippen molar-refractivity contribution in [1.82, 2.24) is 0 Å². The van der Waals surface area contributed by atoms with Crippen molar-refractivity contribution in [2.24, 2.45) is 5.73 Å². The zero-order valence-corrected chi connectivity index (χ0v) is 8.31. The van der Waals surface area contributed by atoms with Crippen LogP contribution >= 0.6 is 0 Å². The van der Waals surface area contributed by atoms with Gasteiger partial charge in [0.1, 0.15) is 5.75 Å². The molecule has 1 aromatic carbocycles. The van der Waals surface area contributed by atoms with Crippen LogP contribution in [0.5, 0.6) is 5.75 Å². The van der Waals surface area contributed by atoms with Crippen LogP contribution in [0.15, 0.2) is 24.3 Å². The summed E-state index contributed by atoms with van der Waals surface area (Å²) < 4.78 is 0. The van der Waals surface area contributed by atoms with Gasteiger partial charge in [0, 0.05) is 12.8 Å². The fraction of sp³-hybridized carbons (Fsp3) is 0.250. The van der Waals surface area contributed by atoms with Gasteiger partial charge in [0.25, 0.3) is 0 Å². The molecule has 3 nitrogen and oxygen atoms in total. The van der Waals surface area contributed by atoms with E-state index in [9.17, 15) is 9.90 Å². The van der Waals surface area contributed by atoms with Crippen LogP contribution in [0.1, 0.15) is 12.0 Å². The molecule has 0 aromatic heterocycles. The molecule has 0 heterocycles. The van der Waals surface area contributed by atoms with Crippen molar-refractivity contribution in [2.45, 2.75) is 18.9 Å². The van der Waals surface area contributed by atoms with Crippen molar-refractivity contribution in [3.8, 4) is 18.1 Å². The van der Waals surface area contributed by atoms with Gasteiger partial charge >= 0.3 is 0 Å². The number of phenolic OH excluding ortho intramolecular Hbond substituents is 1. The molecular formula is C12H13NO2. The molecule has 0 saturated carbocycles. The molecule has 15 heavy (non-hydrogen) atoms. The topological polar surface area (TPSA) is 63.3 Å². The van der Waals surface area contributed by atoms with E-state index >= 15 is 0 Å². The first kappa shape index (κ1) is 11.3. The van der Waals surface area contributed by atoms with E-state index < -0.39 is 6.04 Å². The molecule has 0 fully saturated rings. The minimum absolute atomic E-state index is 0.112. The average molecular weight is 203 g/mol. The quantitative estimate of drug-likeness (QED) is 0.713. The number of carbonyl (C=O) groups is 1. The Morgan fingerprint density at radius 1 is 1.60 bits per heavy atom. The molecule has 1 unspecified atom stereocenters. The lowest BCUT2D eigenvalue weighted by atomic mass is 10.0. The molecule has 1 rings (SSSR count). The van der Waals surface area contributed by atoms with Crippen molar-refractivity contribution >= 4 is 5.78 Å². The number of aromatic hydroxyl groups is 1. The number of phenols is 1. The maximum absolute atomic E-state index is 11.5. The molecule has 0 aliphatic rings. The van der Waals surface area contributed by atoms with Crippen LogP contribution in [-0.2, 0) is 11.2 Å². The lowest BCUT2D eigenvalue weighted by Gasteiger charge is -2.06. The van der Waals surface area contributed by atoms with Crippen LogP contribution in [0, 0.1) is 12.3 Å². The van der Waals surface area contributed by atoms with Gasteiger partial charge < -0.3 is 10.8 Å². The second-order valence-electron chi connectivity index (χ2n) is 3.33. The predicted octanol–water partition coefficient (Wildman–Crippen LogP) is 0.854. The maximum atomic E-state index is 11.5. The highest BCUT2D eigenvalue weighted by atomic mass is 16.3. The van der Waals surface area contributed by atoms with E-state index in [4.69, 9.17) is 12.2 Å². The number of benzene rings is 1. The molecule has 0 saturated heterocycles. The molecule has 3 N–H and O–H groups in total. The van der Waals surface area contributed by atoms with E-state index in [2.05, 4.69) is 5.92 Å². The van der Waals surface area contributed by atoms with Gasteiger partial charge in [0.2, 0.25) is 0 Å². The normalized spacial score (nSPS) is 11.7. The molecule has 1 aromatic rings. The van der Waals surface area contributed by atoms with Gasteiger partial charge in [0.05, 0.1) is 6.04 Å². The van der Waals surface area contributed by atoms with E-state index in [0.717, 1.165) is 5.56 Å². The number of terminal acetylenes is 1. The number of Topliss-reactive ketones (excluding diaryl/α,β-unsaturated/α-hetero) is 1. The van der Waals surface area contributed by atoms with Gasteiger partial charge in [-0.1, -0.05) is 12.1 Å². The molecule has 0 aliphatic carbocycles. The van der Waals surface area contributed by atoms with Crippen molar-refractivity contribution in [1.29, 1.82) is 0 Å². The highest BCUT2D eigenvalue weighted by molar-refractivity contribution is 5.86. The first-order chi connectivity index (χ1) is 7.13. The van der Waals surface area contributed by atoms with E-state index in [1.54, 1.807) is 24.3 Å². The Morgan fingerprint density at radius 2 is 2.33 bits per heavy atom. The molecule has 0 radical (unpaired) electrons. The molecule has 0 amide bonds. The predicted molar refractivity (Wildman–Crippen MR) is 58.2 cm³/mol. The zero-order valence-electron chi connectivity index (χ0n) is 8.31. The van der Waals surface area contributed by atoms with Gasteiger partial charge in [-0.25, -0.2) is 0 Å². The van der Waals surface area contributed by atoms with Gasteiger partial charge in [-0.3, -0.25) is 4.79 Å². The monoisotopic (exact) mass is 203 g/mol. The fourth-order valence-electron chi connectivity index (χ4n) is 1.24. The Hall–Kier alpha value is -1.79. The fourth-order valence-corrected chi connectivity index (χ4v) is 1.24. The molecule has 3 heteroatoms. The van der Waals surface area contributed by atoms with Crippen LogP contribution in [-0.4, -0.2) is 16.9 Å². The van der Waals surface area contributed by atoms with Gasteiger partial charge in [-0.2, -0.15) is 0 Å². The Kier molecular flexibility index (Phi) is 3.90. The summed E-state index contributed by atoms with van der Waals surface area (Å²) in [5, 5.41) is 9.19. The summed E-state index contributed by atoms with van der Waals surface area (Å²) in [5.74, 6) is 2.38.